The average Bonchev–Trinajstić information content (AvgIpc) is 2.56. The third-order valence-electron chi connectivity index (χ3n) is 3.12. The second-order valence-corrected chi connectivity index (χ2v) is 7.27. The highest BCUT2D eigenvalue weighted by molar-refractivity contribution is 7.92. The monoisotopic (exact) mass is 312 g/mol. The molecule has 0 bridgehead atoms. The molecule has 1 amide bonds. The molecule has 0 aliphatic carbocycles. The number of hydrogen-bond acceptors (Lipinski definition) is 4. The lowest BCUT2D eigenvalue weighted by Gasteiger charge is -2.20. The van der Waals surface area contributed by atoms with Gasteiger partial charge < -0.3 is 10.1 Å². The lowest BCUT2D eigenvalue weighted by Crippen LogP contribution is -2.42. The van der Waals surface area contributed by atoms with Crippen molar-refractivity contribution >= 4 is 21.6 Å². The molecule has 1 N–H and O–H groups in total. The quantitative estimate of drug-likeness (QED) is 0.908. The molecule has 0 radical (unpaired) electrons. The highest BCUT2D eigenvalue weighted by Gasteiger charge is 2.30. The van der Waals surface area contributed by atoms with Crippen LogP contribution in [-0.4, -0.2) is 39.3 Å². The predicted octanol–water partition coefficient (Wildman–Crippen LogP) is 1.13. The summed E-state index contributed by atoms with van der Waals surface area (Å²) in [5, 5.41) is 2.79. The number of nitrogens with zero attached hydrogens (tertiary/aromatic N) is 1. The van der Waals surface area contributed by atoms with E-state index in [2.05, 4.69) is 5.32 Å². The van der Waals surface area contributed by atoms with Crippen LogP contribution in [0.2, 0.25) is 0 Å². The van der Waals surface area contributed by atoms with Crippen LogP contribution in [-0.2, 0) is 14.8 Å². The van der Waals surface area contributed by atoms with Gasteiger partial charge in [-0.3, -0.25) is 9.10 Å². The number of anilines is 1. The Hall–Kier alpha value is -1.76. The highest BCUT2D eigenvalue weighted by Crippen LogP contribution is 2.33. The summed E-state index contributed by atoms with van der Waals surface area (Å²) >= 11 is 0. The molecule has 6 nitrogen and oxygen atoms in total. The van der Waals surface area contributed by atoms with E-state index < -0.39 is 16.1 Å². The van der Waals surface area contributed by atoms with E-state index in [0.717, 1.165) is 6.26 Å². The number of carbonyl (C=O) groups is 1. The number of ether oxygens (including phenoxy) is 1. The Labute approximate surface area is 125 Å². The lowest BCUT2D eigenvalue weighted by atomic mass is 10.2. The maximum Gasteiger partial charge on any atom is 0.261 e. The van der Waals surface area contributed by atoms with Crippen molar-refractivity contribution in [3.05, 3.63) is 24.3 Å². The minimum atomic E-state index is -3.41. The van der Waals surface area contributed by atoms with Crippen LogP contribution < -0.4 is 14.4 Å². The number of rotatable bonds is 3. The van der Waals surface area contributed by atoms with Gasteiger partial charge in [-0.05, 0) is 26.0 Å². The fraction of sp³-hybridized carbons (Fsp3) is 0.500. The minimum Gasteiger partial charge on any atom is -0.478 e. The van der Waals surface area contributed by atoms with Crippen molar-refractivity contribution in [2.45, 2.75) is 32.4 Å². The van der Waals surface area contributed by atoms with E-state index >= 15 is 0 Å². The number of fused-ring (bicyclic) bond motifs is 1. The maximum absolute atomic E-state index is 12.1. The molecule has 0 saturated heterocycles. The summed E-state index contributed by atoms with van der Waals surface area (Å²) < 4.78 is 30.9. The van der Waals surface area contributed by atoms with E-state index in [1.165, 1.54) is 4.31 Å². The van der Waals surface area contributed by atoms with Crippen molar-refractivity contribution in [1.29, 1.82) is 0 Å². The van der Waals surface area contributed by atoms with E-state index in [1.54, 1.807) is 24.3 Å². The second-order valence-electron chi connectivity index (χ2n) is 5.36. The Kier molecular flexibility index (Phi) is 4.41. The van der Waals surface area contributed by atoms with Gasteiger partial charge in [0.2, 0.25) is 10.0 Å². The van der Waals surface area contributed by atoms with Crippen LogP contribution in [0.4, 0.5) is 5.69 Å². The Balaban J connectivity index is 2.33. The molecule has 21 heavy (non-hydrogen) atoms. The first-order chi connectivity index (χ1) is 9.79. The molecule has 1 aromatic rings. The van der Waals surface area contributed by atoms with Crippen molar-refractivity contribution in [3.8, 4) is 5.75 Å². The second kappa shape index (κ2) is 5.93. The molecule has 7 heteroatoms. The van der Waals surface area contributed by atoms with Crippen LogP contribution in [0.1, 0.15) is 20.3 Å². The molecule has 1 atom stereocenters. The van der Waals surface area contributed by atoms with Gasteiger partial charge in [-0.2, -0.15) is 0 Å². The Morgan fingerprint density at radius 2 is 2.05 bits per heavy atom. The fourth-order valence-corrected chi connectivity index (χ4v) is 3.18. The topological polar surface area (TPSA) is 75.7 Å². The van der Waals surface area contributed by atoms with Crippen LogP contribution in [0.5, 0.6) is 5.75 Å². The van der Waals surface area contributed by atoms with E-state index in [1.807, 2.05) is 13.8 Å². The fourth-order valence-electron chi connectivity index (χ4n) is 2.24. The number of nitrogens with one attached hydrogen (secondary N) is 1. The van der Waals surface area contributed by atoms with Gasteiger partial charge in [0.1, 0.15) is 5.75 Å². The smallest absolute Gasteiger partial charge is 0.261 e. The van der Waals surface area contributed by atoms with E-state index in [4.69, 9.17) is 4.74 Å². The van der Waals surface area contributed by atoms with Gasteiger partial charge in [0.05, 0.1) is 11.9 Å². The first-order valence-electron chi connectivity index (χ1n) is 6.83. The van der Waals surface area contributed by atoms with Crippen molar-refractivity contribution < 1.29 is 17.9 Å². The van der Waals surface area contributed by atoms with Crippen molar-refractivity contribution in [1.82, 2.24) is 5.32 Å². The van der Waals surface area contributed by atoms with Crippen molar-refractivity contribution in [2.75, 3.05) is 17.1 Å². The molecular weight excluding hydrogens is 292 g/mol. The number of carbonyl (C=O) groups excluding carboxylic acids is 1. The van der Waals surface area contributed by atoms with Crippen LogP contribution in [0.15, 0.2) is 24.3 Å². The SMILES string of the molecule is CC(C)NC(=O)[C@@H]1CCN(S(C)(=O)=O)c2ccccc2O1. The molecule has 2 rings (SSSR count). The third kappa shape index (κ3) is 3.66. The molecule has 1 aliphatic heterocycles. The van der Waals surface area contributed by atoms with E-state index in [-0.39, 0.29) is 18.5 Å². The van der Waals surface area contributed by atoms with E-state index in [0.29, 0.717) is 17.9 Å². The summed E-state index contributed by atoms with van der Waals surface area (Å²) in [5.74, 6) is 0.180. The summed E-state index contributed by atoms with van der Waals surface area (Å²) in [4.78, 5) is 12.1. The number of amides is 1. The summed E-state index contributed by atoms with van der Waals surface area (Å²) in [6.07, 6.45) is 0.763. The van der Waals surface area contributed by atoms with Gasteiger partial charge in [0.15, 0.2) is 6.10 Å². The first-order valence-corrected chi connectivity index (χ1v) is 8.67. The Morgan fingerprint density at radius 1 is 1.38 bits per heavy atom. The summed E-state index contributed by atoms with van der Waals surface area (Å²) in [6.45, 7) is 3.95. The molecule has 0 unspecified atom stereocenters. The lowest BCUT2D eigenvalue weighted by molar-refractivity contribution is -0.128. The van der Waals surface area contributed by atoms with Crippen LogP contribution in [0.25, 0.3) is 0 Å². The van der Waals surface area contributed by atoms with Crippen molar-refractivity contribution in [3.63, 3.8) is 0 Å². The number of para-hydroxylation sites is 2. The summed E-state index contributed by atoms with van der Waals surface area (Å²) in [7, 11) is -3.41. The van der Waals surface area contributed by atoms with Crippen LogP contribution >= 0.6 is 0 Å². The van der Waals surface area contributed by atoms with Gasteiger partial charge in [-0.25, -0.2) is 8.42 Å². The van der Waals surface area contributed by atoms with Gasteiger partial charge in [-0.15, -0.1) is 0 Å². The third-order valence-corrected chi connectivity index (χ3v) is 4.30. The maximum atomic E-state index is 12.1. The van der Waals surface area contributed by atoms with Gasteiger partial charge in [0.25, 0.3) is 5.91 Å². The van der Waals surface area contributed by atoms with Gasteiger partial charge >= 0.3 is 0 Å². The average molecular weight is 312 g/mol. The molecule has 0 spiro atoms. The minimum absolute atomic E-state index is 0.00519. The number of hydrogen-bond donors (Lipinski definition) is 1. The van der Waals surface area contributed by atoms with Gasteiger partial charge in [-0.1, -0.05) is 12.1 Å². The molecular formula is C14H20N2O4S. The molecule has 1 heterocycles. The standard InChI is InChI=1S/C14H20N2O4S/c1-10(2)15-14(17)13-8-9-16(21(3,18)19)11-6-4-5-7-12(11)20-13/h4-7,10,13H,8-9H2,1-3H3,(H,15,17)/t13-/m0/s1. The zero-order valence-electron chi connectivity index (χ0n) is 12.4. The normalized spacial score (nSPS) is 18.7. The highest BCUT2D eigenvalue weighted by atomic mass is 32.2. The zero-order chi connectivity index (χ0) is 15.6. The first kappa shape index (κ1) is 15.6. The van der Waals surface area contributed by atoms with Gasteiger partial charge in [0, 0.05) is 19.0 Å². The summed E-state index contributed by atoms with van der Waals surface area (Å²) in [6, 6.07) is 6.86. The largest absolute Gasteiger partial charge is 0.478 e. The molecule has 116 valence electrons. The zero-order valence-corrected chi connectivity index (χ0v) is 13.2. The Bertz CT molecular complexity index is 628. The van der Waals surface area contributed by atoms with Crippen LogP contribution in [0, 0.1) is 0 Å². The number of benzene rings is 1. The molecule has 1 aromatic carbocycles. The molecule has 0 saturated carbocycles. The predicted molar refractivity (Wildman–Crippen MR) is 80.9 cm³/mol. The Morgan fingerprint density at radius 3 is 2.67 bits per heavy atom. The molecule has 0 aromatic heterocycles. The molecule has 1 aliphatic rings. The summed E-state index contributed by atoms with van der Waals surface area (Å²) in [5.41, 5.74) is 0.472. The molecule has 0 fully saturated rings. The number of sulfonamides is 1. The van der Waals surface area contributed by atoms with Crippen molar-refractivity contribution in [2.24, 2.45) is 0 Å². The van der Waals surface area contributed by atoms with Crippen LogP contribution in [0.3, 0.4) is 0 Å². The van der Waals surface area contributed by atoms with E-state index in [9.17, 15) is 13.2 Å².